The van der Waals surface area contributed by atoms with Crippen LogP contribution >= 0.6 is 0 Å². The van der Waals surface area contributed by atoms with Crippen LogP contribution in [0.3, 0.4) is 0 Å². The van der Waals surface area contributed by atoms with Gasteiger partial charge in [0, 0.05) is 18.0 Å². The predicted molar refractivity (Wildman–Crippen MR) is 110 cm³/mol. The van der Waals surface area contributed by atoms with Gasteiger partial charge in [0.1, 0.15) is 11.6 Å². The van der Waals surface area contributed by atoms with Gasteiger partial charge >= 0.3 is 17.6 Å². The number of nitrogens with one attached hydrogen (secondary N) is 2. The van der Waals surface area contributed by atoms with E-state index in [0.29, 0.717) is 28.9 Å². The van der Waals surface area contributed by atoms with Gasteiger partial charge in [-0.25, -0.2) is 14.4 Å². The molecule has 168 valence electrons. The minimum atomic E-state index is -1.23. The summed E-state index contributed by atoms with van der Waals surface area (Å²) in [5.74, 6) is -1.06. The number of urea groups is 1. The van der Waals surface area contributed by atoms with Crippen LogP contribution in [0, 0.1) is 6.92 Å². The van der Waals surface area contributed by atoms with E-state index < -0.39 is 29.6 Å². The number of carbonyl (C=O) groups is 3. The van der Waals surface area contributed by atoms with Gasteiger partial charge in [-0.3, -0.25) is 4.79 Å². The number of hydrogen-bond acceptors (Lipinski definition) is 7. The number of benzene rings is 1. The zero-order valence-electron chi connectivity index (χ0n) is 17.4. The molecular formula is C20H25N3O8. The number of carboxylic acid groups (broad SMARTS) is 1. The molecule has 0 aliphatic heterocycles. The molecular weight excluding hydrogens is 410 g/mol. The van der Waals surface area contributed by atoms with Crippen molar-refractivity contribution in [1.29, 1.82) is 0 Å². The monoisotopic (exact) mass is 435 g/mol. The number of aliphatic carboxylic acids is 1. The van der Waals surface area contributed by atoms with Crippen molar-refractivity contribution in [3.8, 4) is 11.5 Å². The number of rotatable bonds is 10. The molecule has 1 aromatic carbocycles. The first-order chi connectivity index (χ1) is 14.7. The van der Waals surface area contributed by atoms with Gasteiger partial charge in [-0.1, -0.05) is 0 Å². The molecule has 0 saturated heterocycles. The first-order valence-electron chi connectivity index (χ1n) is 9.41. The van der Waals surface area contributed by atoms with Gasteiger partial charge in [-0.15, -0.1) is 0 Å². The summed E-state index contributed by atoms with van der Waals surface area (Å²) >= 11 is 0. The Morgan fingerprint density at radius 3 is 2.42 bits per heavy atom. The standard InChI is InChI=1S/C20H25N3O8/c1-10-11-7-15(29-2)16(30-3)9-14(11)31-19(27)12(10)8-17(24)23-13(18(25)26)5-4-6-22-20(21)28/h7,9,13H,4-6,8H2,1-3H3,(H,23,24)(H,25,26)(H3,21,22,28)/t13-/m0/s1. The predicted octanol–water partition coefficient (Wildman–Crippen LogP) is 0.679. The van der Waals surface area contributed by atoms with E-state index >= 15 is 0 Å². The first-order valence-corrected chi connectivity index (χ1v) is 9.41. The summed E-state index contributed by atoms with van der Waals surface area (Å²) in [4.78, 5) is 47.0. The van der Waals surface area contributed by atoms with Crippen molar-refractivity contribution in [2.75, 3.05) is 20.8 Å². The molecule has 3 amide bonds. The van der Waals surface area contributed by atoms with Crippen LogP contribution in [0.4, 0.5) is 4.79 Å². The van der Waals surface area contributed by atoms with Crippen molar-refractivity contribution >= 4 is 28.9 Å². The summed E-state index contributed by atoms with van der Waals surface area (Å²) in [6.07, 6.45) is 0.00434. The van der Waals surface area contributed by atoms with Crippen molar-refractivity contribution in [1.82, 2.24) is 10.6 Å². The second kappa shape index (κ2) is 10.3. The molecule has 0 radical (unpaired) electrons. The quantitative estimate of drug-likeness (QED) is 0.312. The summed E-state index contributed by atoms with van der Waals surface area (Å²) in [6, 6.07) is 1.26. The minimum absolute atomic E-state index is 0.0731. The molecule has 11 nitrogen and oxygen atoms in total. The molecule has 2 rings (SSSR count). The maximum atomic E-state index is 12.5. The number of aryl methyl sites for hydroxylation is 1. The molecule has 1 heterocycles. The summed E-state index contributed by atoms with van der Waals surface area (Å²) in [5, 5.41) is 14.6. The highest BCUT2D eigenvalue weighted by Gasteiger charge is 2.22. The third kappa shape index (κ3) is 5.87. The van der Waals surface area contributed by atoms with Gasteiger partial charge in [0.15, 0.2) is 11.5 Å². The Hall–Kier alpha value is -3.76. The molecule has 0 spiro atoms. The Balaban J connectivity index is 2.21. The Bertz CT molecular complexity index is 1050. The lowest BCUT2D eigenvalue weighted by Gasteiger charge is -2.15. The molecule has 31 heavy (non-hydrogen) atoms. The zero-order chi connectivity index (χ0) is 23.1. The van der Waals surface area contributed by atoms with Gasteiger partial charge in [-0.05, 0) is 31.4 Å². The first kappa shape index (κ1) is 23.5. The van der Waals surface area contributed by atoms with E-state index in [1.54, 1.807) is 13.0 Å². The van der Waals surface area contributed by atoms with E-state index in [-0.39, 0.29) is 30.5 Å². The normalized spacial score (nSPS) is 11.6. The lowest BCUT2D eigenvalue weighted by atomic mass is 10.0. The lowest BCUT2D eigenvalue weighted by Crippen LogP contribution is -2.42. The summed E-state index contributed by atoms with van der Waals surface area (Å²) in [5.41, 5.74) is 5.14. The van der Waals surface area contributed by atoms with Crippen LogP contribution in [0.25, 0.3) is 11.0 Å². The molecule has 1 aromatic heterocycles. The number of carboxylic acids is 1. The molecule has 0 fully saturated rings. The molecule has 0 aliphatic rings. The molecule has 0 saturated carbocycles. The van der Waals surface area contributed by atoms with E-state index in [0.717, 1.165) is 0 Å². The summed E-state index contributed by atoms with van der Waals surface area (Å²) in [6.45, 7) is 1.84. The van der Waals surface area contributed by atoms with Gasteiger partial charge in [0.05, 0.1) is 26.2 Å². The molecule has 2 aromatic rings. The summed E-state index contributed by atoms with van der Waals surface area (Å²) < 4.78 is 15.8. The molecule has 0 bridgehead atoms. The second-order valence-corrected chi connectivity index (χ2v) is 6.76. The molecule has 1 atom stereocenters. The fourth-order valence-corrected chi connectivity index (χ4v) is 3.10. The van der Waals surface area contributed by atoms with Crippen LogP contribution in [0.5, 0.6) is 11.5 Å². The Morgan fingerprint density at radius 1 is 1.19 bits per heavy atom. The van der Waals surface area contributed by atoms with Crippen LogP contribution in [0.2, 0.25) is 0 Å². The second-order valence-electron chi connectivity index (χ2n) is 6.76. The minimum Gasteiger partial charge on any atom is -0.493 e. The number of ether oxygens (including phenoxy) is 2. The highest BCUT2D eigenvalue weighted by atomic mass is 16.5. The number of primary amides is 1. The molecule has 11 heteroatoms. The highest BCUT2D eigenvalue weighted by Crippen LogP contribution is 2.33. The van der Waals surface area contributed by atoms with Gasteiger partial charge < -0.3 is 35.4 Å². The maximum absolute atomic E-state index is 12.5. The van der Waals surface area contributed by atoms with Crippen molar-refractivity contribution in [3.05, 3.63) is 33.7 Å². The smallest absolute Gasteiger partial charge is 0.340 e. The van der Waals surface area contributed by atoms with E-state index in [1.165, 1.54) is 20.3 Å². The number of nitrogens with two attached hydrogens (primary N) is 1. The third-order valence-corrected chi connectivity index (χ3v) is 4.73. The van der Waals surface area contributed by atoms with E-state index in [2.05, 4.69) is 10.6 Å². The number of carbonyl (C=O) groups excluding carboxylic acids is 2. The Kier molecular flexibility index (Phi) is 7.83. The van der Waals surface area contributed by atoms with E-state index in [1.807, 2.05) is 0 Å². The average molecular weight is 435 g/mol. The van der Waals surface area contributed by atoms with Crippen molar-refractivity contribution in [3.63, 3.8) is 0 Å². The molecule has 0 unspecified atom stereocenters. The Labute approximate surface area is 177 Å². The summed E-state index contributed by atoms with van der Waals surface area (Å²) in [7, 11) is 2.92. The number of methoxy groups -OCH3 is 2. The zero-order valence-corrected chi connectivity index (χ0v) is 17.4. The largest absolute Gasteiger partial charge is 0.493 e. The molecule has 5 N–H and O–H groups in total. The fourth-order valence-electron chi connectivity index (χ4n) is 3.10. The number of hydrogen-bond donors (Lipinski definition) is 4. The van der Waals surface area contributed by atoms with Crippen molar-refractivity contribution in [2.45, 2.75) is 32.2 Å². The van der Waals surface area contributed by atoms with Crippen molar-refractivity contribution in [2.24, 2.45) is 5.73 Å². The topological polar surface area (TPSA) is 170 Å². The lowest BCUT2D eigenvalue weighted by molar-refractivity contribution is -0.141. The Morgan fingerprint density at radius 2 is 1.84 bits per heavy atom. The third-order valence-electron chi connectivity index (χ3n) is 4.73. The van der Waals surface area contributed by atoms with Crippen LogP contribution in [-0.2, 0) is 16.0 Å². The van der Waals surface area contributed by atoms with E-state index in [9.17, 15) is 24.3 Å². The van der Waals surface area contributed by atoms with Crippen LogP contribution in [0.1, 0.15) is 24.0 Å². The SMILES string of the molecule is COc1cc2oc(=O)c(CC(=O)N[C@@H](CCCNC(N)=O)C(=O)O)c(C)c2cc1OC. The van der Waals surface area contributed by atoms with Gasteiger partial charge in [0.25, 0.3) is 0 Å². The van der Waals surface area contributed by atoms with Gasteiger partial charge in [0.2, 0.25) is 5.91 Å². The van der Waals surface area contributed by atoms with Crippen LogP contribution in [0.15, 0.2) is 21.3 Å². The number of fused-ring (bicyclic) bond motifs is 1. The van der Waals surface area contributed by atoms with E-state index in [4.69, 9.17) is 19.6 Å². The van der Waals surface area contributed by atoms with Crippen LogP contribution < -0.4 is 31.5 Å². The molecule has 0 aliphatic carbocycles. The van der Waals surface area contributed by atoms with Gasteiger partial charge in [-0.2, -0.15) is 0 Å². The van der Waals surface area contributed by atoms with Crippen molar-refractivity contribution < 1.29 is 33.4 Å². The highest BCUT2D eigenvalue weighted by molar-refractivity contribution is 5.88. The maximum Gasteiger partial charge on any atom is 0.340 e. The average Bonchev–Trinajstić information content (AvgIpc) is 2.72. The number of amides is 3. The van der Waals surface area contributed by atoms with Crippen LogP contribution in [-0.4, -0.2) is 49.8 Å². The fraction of sp³-hybridized carbons (Fsp3) is 0.400.